The smallest absolute Gasteiger partial charge is 0.275 e. The van der Waals surface area contributed by atoms with Gasteiger partial charge < -0.3 is 4.90 Å². The summed E-state index contributed by atoms with van der Waals surface area (Å²) in [6, 6.07) is 17.1. The van der Waals surface area contributed by atoms with Crippen LogP contribution in [0, 0.1) is 6.92 Å². The molecule has 0 spiro atoms. The van der Waals surface area contributed by atoms with E-state index in [-0.39, 0.29) is 11.5 Å². The molecule has 1 saturated heterocycles. The van der Waals surface area contributed by atoms with Crippen LogP contribution in [-0.4, -0.2) is 56.5 Å². The molecule has 1 fully saturated rings. The molecule has 1 aliphatic heterocycles. The standard InChI is InChI=1S/C24H22BrN5O2S/c1-16-5-7-17(8-6-16)22-27-30-21(31)14-20(26-24(30)33-22)15-28-9-11-29(12-10-28)23(32)18-3-2-4-19(25)13-18/h2-8,13-14H,9-12,15H2,1H3. The second-order valence-corrected chi connectivity index (χ2v) is 10.0. The normalized spacial score (nSPS) is 14.7. The van der Waals surface area contributed by atoms with Crippen LogP contribution in [0.15, 0.2) is 63.9 Å². The van der Waals surface area contributed by atoms with Gasteiger partial charge in [-0.1, -0.05) is 63.2 Å². The van der Waals surface area contributed by atoms with Crippen LogP contribution in [0.5, 0.6) is 0 Å². The van der Waals surface area contributed by atoms with Gasteiger partial charge in [-0.2, -0.15) is 9.61 Å². The zero-order valence-electron chi connectivity index (χ0n) is 18.1. The fraction of sp³-hybridized carbons (Fsp3) is 0.250. The zero-order chi connectivity index (χ0) is 22.9. The molecule has 3 heterocycles. The average Bonchev–Trinajstić information content (AvgIpc) is 3.24. The molecule has 0 bridgehead atoms. The number of benzene rings is 2. The van der Waals surface area contributed by atoms with E-state index >= 15 is 0 Å². The Morgan fingerprint density at radius 3 is 2.55 bits per heavy atom. The van der Waals surface area contributed by atoms with Crippen molar-refractivity contribution in [1.82, 2.24) is 24.4 Å². The molecule has 33 heavy (non-hydrogen) atoms. The van der Waals surface area contributed by atoms with Gasteiger partial charge in [0.05, 0.1) is 5.69 Å². The summed E-state index contributed by atoms with van der Waals surface area (Å²) in [5.74, 6) is 0.0436. The highest BCUT2D eigenvalue weighted by Crippen LogP contribution is 2.24. The molecular formula is C24H22BrN5O2S. The molecule has 5 rings (SSSR count). The number of rotatable bonds is 4. The highest BCUT2D eigenvalue weighted by Gasteiger charge is 2.23. The Morgan fingerprint density at radius 1 is 1.06 bits per heavy atom. The first-order chi connectivity index (χ1) is 16.0. The van der Waals surface area contributed by atoms with Crippen LogP contribution >= 0.6 is 27.3 Å². The molecule has 1 aliphatic rings. The Bertz CT molecular complexity index is 1370. The van der Waals surface area contributed by atoms with Crippen LogP contribution in [0.25, 0.3) is 15.5 Å². The molecule has 0 radical (unpaired) electrons. The second-order valence-electron chi connectivity index (χ2n) is 8.13. The Balaban J connectivity index is 1.27. The van der Waals surface area contributed by atoms with Gasteiger partial charge in [-0.3, -0.25) is 14.5 Å². The number of hydrogen-bond acceptors (Lipinski definition) is 6. The number of nitrogens with zero attached hydrogens (tertiary/aromatic N) is 5. The molecule has 9 heteroatoms. The second kappa shape index (κ2) is 9.17. The predicted octanol–water partition coefficient (Wildman–Crippen LogP) is 3.85. The molecular weight excluding hydrogens is 502 g/mol. The molecule has 0 unspecified atom stereocenters. The Kier molecular flexibility index (Phi) is 6.09. The van der Waals surface area contributed by atoms with E-state index in [4.69, 9.17) is 4.98 Å². The minimum Gasteiger partial charge on any atom is -0.336 e. The van der Waals surface area contributed by atoms with E-state index in [1.165, 1.54) is 21.4 Å². The maximum atomic E-state index is 12.8. The van der Waals surface area contributed by atoms with Gasteiger partial charge in [-0.05, 0) is 25.1 Å². The fourth-order valence-corrected chi connectivity index (χ4v) is 5.22. The summed E-state index contributed by atoms with van der Waals surface area (Å²) in [4.78, 5) is 34.8. The summed E-state index contributed by atoms with van der Waals surface area (Å²) in [7, 11) is 0. The molecule has 2 aromatic carbocycles. The van der Waals surface area contributed by atoms with E-state index in [9.17, 15) is 9.59 Å². The zero-order valence-corrected chi connectivity index (χ0v) is 20.5. The number of carbonyl (C=O) groups excluding carboxylic acids is 1. The van der Waals surface area contributed by atoms with Crippen LogP contribution in [0.4, 0.5) is 0 Å². The molecule has 0 atom stereocenters. The number of aryl methyl sites for hydroxylation is 1. The first-order valence-electron chi connectivity index (χ1n) is 10.7. The van der Waals surface area contributed by atoms with E-state index in [1.807, 2.05) is 60.4 Å². The van der Waals surface area contributed by atoms with Crippen LogP contribution in [-0.2, 0) is 6.54 Å². The molecule has 7 nitrogen and oxygen atoms in total. The number of fused-ring (bicyclic) bond motifs is 1. The van der Waals surface area contributed by atoms with Gasteiger partial charge in [-0.15, -0.1) is 0 Å². The van der Waals surface area contributed by atoms with Crippen molar-refractivity contribution in [1.29, 1.82) is 0 Å². The number of amides is 1. The lowest BCUT2D eigenvalue weighted by Crippen LogP contribution is -2.48. The van der Waals surface area contributed by atoms with E-state index in [1.54, 1.807) is 6.07 Å². The van der Waals surface area contributed by atoms with Crippen molar-refractivity contribution in [2.24, 2.45) is 0 Å². The van der Waals surface area contributed by atoms with Crippen molar-refractivity contribution >= 4 is 38.1 Å². The minimum absolute atomic E-state index is 0.0436. The molecule has 0 N–H and O–H groups in total. The van der Waals surface area contributed by atoms with Crippen molar-refractivity contribution in [3.8, 4) is 10.6 Å². The summed E-state index contributed by atoms with van der Waals surface area (Å²) in [5.41, 5.74) is 3.39. The third-order valence-electron chi connectivity index (χ3n) is 5.71. The maximum Gasteiger partial charge on any atom is 0.275 e. The van der Waals surface area contributed by atoms with E-state index in [0.29, 0.717) is 30.2 Å². The van der Waals surface area contributed by atoms with E-state index in [0.717, 1.165) is 33.8 Å². The monoisotopic (exact) mass is 523 g/mol. The lowest BCUT2D eigenvalue weighted by atomic mass is 10.2. The van der Waals surface area contributed by atoms with E-state index < -0.39 is 0 Å². The molecule has 0 saturated carbocycles. The van der Waals surface area contributed by atoms with Crippen molar-refractivity contribution in [3.05, 3.63) is 86.2 Å². The van der Waals surface area contributed by atoms with Gasteiger partial charge in [-0.25, -0.2) is 4.98 Å². The third-order valence-corrected chi connectivity index (χ3v) is 7.16. The molecule has 1 amide bonds. The van der Waals surface area contributed by atoms with Crippen molar-refractivity contribution in [3.63, 3.8) is 0 Å². The topological polar surface area (TPSA) is 70.8 Å². The van der Waals surface area contributed by atoms with Crippen LogP contribution in [0.3, 0.4) is 0 Å². The number of piperazine rings is 1. The largest absolute Gasteiger partial charge is 0.336 e. The van der Waals surface area contributed by atoms with Crippen molar-refractivity contribution < 1.29 is 4.79 Å². The fourth-order valence-electron chi connectivity index (χ4n) is 3.89. The van der Waals surface area contributed by atoms with Crippen LogP contribution < -0.4 is 5.56 Å². The SMILES string of the molecule is Cc1ccc(-c2nn3c(=O)cc(CN4CCN(C(=O)c5cccc(Br)c5)CC4)nc3s2)cc1. The first kappa shape index (κ1) is 21.9. The molecule has 4 aromatic rings. The summed E-state index contributed by atoms with van der Waals surface area (Å²) >= 11 is 4.84. The minimum atomic E-state index is -0.173. The van der Waals surface area contributed by atoms with Crippen molar-refractivity contribution in [2.75, 3.05) is 26.2 Å². The van der Waals surface area contributed by atoms with Gasteiger partial charge in [0.25, 0.3) is 11.5 Å². The van der Waals surface area contributed by atoms with Gasteiger partial charge in [0, 0.05) is 54.4 Å². The number of aromatic nitrogens is 3. The summed E-state index contributed by atoms with van der Waals surface area (Å²) in [5, 5.41) is 5.24. The molecule has 0 aliphatic carbocycles. The Hall–Kier alpha value is -2.88. The average molecular weight is 524 g/mol. The number of carbonyl (C=O) groups is 1. The number of hydrogen-bond donors (Lipinski definition) is 0. The van der Waals surface area contributed by atoms with Gasteiger partial charge in [0.1, 0.15) is 5.01 Å². The van der Waals surface area contributed by atoms with Crippen molar-refractivity contribution in [2.45, 2.75) is 13.5 Å². The Morgan fingerprint density at radius 2 is 1.82 bits per heavy atom. The first-order valence-corrected chi connectivity index (χ1v) is 12.3. The van der Waals surface area contributed by atoms with Gasteiger partial charge in [0.2, 0.25) is 4.96 Å². The molecule has 2 aromatic heterocycles. The lowest BCUT2D eigenvalue weighted by Gasteiger charge is -2.34. The van der Waals surface area contributed by atoms with Gasteiger partial charge >= 0.3 is 0 Å². The lowest BCUT2D eigenvalue weighted by molar-refractivity contribution is 0.0627. The quantitative estimate of drug-likeness (QED) is 0.406. The highest BCUT2D eigenvalue weighted by molar-refractivity contribution is 9.10. The maximum absolute atomic E-state index is 12.8. The van der Waals surface area contributed by atoms with Gasteiger partial charge in [0.15, 0.2) is 0 Å². The summed E-state index contributed by atoms with van der Waals surface area (Å²) in [6.45, 7) is 5.37. The third kappa shape index (κ3) is 4.75. The van der Waals surface area contributed by atoms with Crippen LogP contribution in [0.2, 0.25) is 0 Å². The molecule has 168 valence electrons. The van der Waals surface area contributed by atoms with E-state index in [2.05, 4.69) is 25.9 Å². The summed E-state index contributed by atoms with van der Waals surface area (Å²) < 4.78 is 2.27. The highest BCUT2D eigenvalue weighted by atomic mass is 79.9. The summed E-state index contributed by atoms with van der Waals surface area (Å²) in [6.07, 6.45) is 0. The van der Waals surface area contributed by atoms with Crippen LogP contribution in [0.1, 0.15) is 21.6 Å². The number of halogens is 1. The Labute approximate surface area is 203 Å². The predicted molar refractivity (Wildman–Crippen MR) is 133 cm³/mol.